The van der Waals surface area contributed by atoms with E-state index in [-0.39, 0.29) is 30.2 Å². The Hall–Kier alpha value is -5.28. The van der Waals surface area contributed by atoms with Gasteiger partial charge in [-0.3, -0.25) is 4.79 Å². The maximum absolute atomic E-state index is 12.6. The predicted molar refractivity (Wildman–Crippen MR) is 174 cm³/mol. The molecule has 0 aromatic heterocycles. The van der Waals surface area contributed by atoms with E-state index in [4.69, 9.17) is 9.47 Å². The summed E-state index contributed by atoms with van der Waals surface area (Å²) in [6, 6.07) is 25.2. The lowest BCUT2D eigenvalue weighted by molar-refractivity contribution is 0.00589. The lowest BCUT2D eigenvalue weighted by Gasteiger charge is -2.36. The zero-order valence-electron chi connectivity index (χ0n) is 26.3. The summed E-state index contributed by atoms with van der Waals surface area (Å²) < 4.78 is 10.0. The Morgan fingerprint density at radius 3 is 1.41 bits per heavy atom. The van der Waals surface area contributed by atoms with Crippen molar-refractivity contribution in [2.75, 3.05) is 26.3 Å². The average Bonchev–Trinajstić information content (AvgIpc) is 3.03. The molecule has 4 aromatic rings. The van der Waals surface area contributed by atoms with E-state index >= 15 is 0 Å². The van der Waals surface area contributed by atoms with Crippen LogP contribution in [0.2, 0.25) is 0 Å². The van der Waals surface area contributed by atoms with E-state index in [0.717, 1.165) is 27.8 Å². The van der Waals surface area contributed by atoms with Crippen LogP contribution in [0, 0.1) is 13.8 Å². The highest BCUT2D eigenvalue weighted by molar-refractivity contribution is 6.00. The summed E-state index contributed by atoms with van der Waals surface area (Å²) in [4.78, 5) is 49.4. The van der Waals surface area contributed by atoms with Gasteiger partial charge >= 0.3 is 17.9 Å². The van der Waals surface area contributed by atoms with Crippen molar-refractivity contribution in [2.45, 2.75) is 33.8 Å². The molecule has 0 radical (unpaired) electrons. The highest BCUT2D eigenvalue weighted by Crippen LogP contribution is 2.26. The Morgan fingerprint density at radius 1 is 0.630 bits per heavy atom. The molecule has 9 heteroatoms. The summed E-state index contributed by atoms with van der Waals surface area (Å²) in [5.41, 5.74) is 6.58. The number of nitrogens with zero attached hydrogens (tertiary/aromatic N) is 1. The first-order valence-corrected chi connectivity index (χ1v) is 15.0. The van der Waals surface area contributed by atoms with Crippen LogP contribution in [0.15, 0.2) is 84.9 Å². The number of likely N-dealkylation sites (tertiary alicyclic amines) is 1. The normalized spacial score (nSPS) is 12.3. The van der Waals surface area contributed by atoms with Crippen LogP contribution >= 0.6 is 0 Å². The number of hydrogen-bond acceptors (Lipinski definition) is 7. The summed E-state index contributed by atoms with van der Waals surface area (Å²) in [6.07, 6.45) is -0.464. The number of esters is 2. The Kier molecular flexibility index (Phi) is 11.1. The molecule has 1 aliphatic rings. The molecular formula is C37H37NO8. The van der Waals surface area contributed by atoms with Crippen molar-refractivity contribution in [3.63, 3.8) is 0 Å². The summed E-state index contributed by atoms with van der Waals surface area (Å²) in [5, 5.41) is 18.6. The fourth-order valence-electron chi connectivity index (χ4n) is 4.80. The highest BCUT2D eigenvalue weighted by atomic mass is 16.5. The highest BCUT2D eigenvalue weighted by Gasteiger charge is 2.30. The number of carbonyl (C=O) groups is 4. The van der Waals surface area contributed by atoms with Gasteiger partial charge in [0.15, 0.2) is 0 Å². The number of carboxylic acids is 1. The number of aliphatic hydroxyl groups excluding tert-OH is 1. The fraction of sp³-hybridized carbons (Fsp3) is 0.243. The molecule has 1 saturated heterocycles. The van der Waals surface area contributed by atoms with Crippen molar-refractivity contribution in [3.8, 4) is 22.3 Å². The number of benzene rings is 4. The lowest BCUT2D eigenvalue weighted by Crippen LogP contribution is -2.53. The van der Waals surface area contributed by atoms with Gasteiger partial charge < -0.3 is 24.6 Å². The summed E-state index contributed by atoms with van der Waals surface area (Å²) >= 11 is 0. The number of carbonyl (C=O) groups excluding carboxylic acids is 3. The topological polar surface area (TPSA) is 130 Å². The number of hydrogen-bond donors (Lipinski definition) is 2. The monoisotopic (exact) mass is 623 g/mol. The quantitative estimate of drug-likeness (QED) is 0.222. The van der Waals surface area contributed by atoms with Gasteiger partial charge in [0.05, 0.1) is 36.0 Å². The Balaban J connectivity index is 0.000000212. The standard InChI is InChI=1S/C20H21NO4.C17H16O4/c1-3-25-20(24)17-9-15(14-6-4-13(2)5-7-14)8-16(10-17)19(23)21-11-18(22)12-21;1-3-21-17(20)15-9-13(8-14(10-15)16(18)19)12-6-4-11(2)5-7-12/h4-10,18,22H,3,11-12H2,1-2H3;4-10H,3H2,1-2H3,(H,18,19). The van der Waals surface area contributed by atoms with E-state index in [1.165, 1.54) is 6.07 Å². The van der Waals surface area contributed by atoms with Crippen LogP contribution in [0.4, 0.5) is 0 Å². The number of amides is 1. The molecule has 9 nitrogen and oxygen atoms in total. The second-order valence-electron chi connectivity index (χ2n) is 10.9. The number of aliphatic hydroxyl groups is 1. The minimum atomic E-state index is -1.07. The van der Waals surface area contributed by atoms with Gasteiger partial charge in [0.1, 0.15) is 0 Å². The van der Waals surface area contributed by atoms with Gasteiger partial charge in [0.25, 0.3) is 5.91 Å². The molecule has 1 amide bonds. The zero-order valence-corrected chi connectivity index (χ0v) is 26.3. The van der Waals surface area contributed by atoms with E-state index in [9.17, 15) is 29.4 Å². The molecule has 0 spiro atoms. The predicted octanol–water partition coefficient (Wildman–Crippen LogP) is 6.19. The first kappa shape index (κ1) is 33.6. The zero-order chi connectivity index (χ0) is 33.4. The molecule has 0 saturated carbocycles. The van der Waals surface area contributed by atoms with Crippen molar-refractivity contribution in [2.24, 2.45) is 0 Å². The lowest BCUT2D eigenvalue weighted by atomic mass is 9.97. The van der Waals surface area contributed by atoms with Crippen molar-refractivity contribution < 1.29 is 38.9 Å². The summed E-state index contributed by atoms with van der Waals surface area (Å²) in [5.74, 6) is -2.23. The molecule has 1 fully saturated rings. The fourth-order valence-corrected chi connectivity index (χ4v) is 4.80. The van der Waals surface area contributed by atoms with E-state index < -0.39 is 24.0 Å². The number of carboxylic acid groups (broad SMARTS) is 1. The van der Waals surface area contributed by atoms with Gasteiger partial charge in [0.2, 0.25) is 0 Å². The van der Waals surface area contributed by atoms with E-state index in [0.29, 0.717) is 29.8 Å². The van der Waals surface area contributed by atoms with E-state index in [1.807, 2.05) is 62.4 Å². The molecule has 1 heterocycles. The van der Waals surface area contributed by atoms with Crippen LogP contribution in [0.1, 0.15) is 66.4 Å². The Morgan fingerprint density at radius 2 is 1.02 bits per heavy atom. The molecule has 0 atom stereocenters. The molecule has 46 heavy (non-hydrogen) atoms. The van der Waals surface area contributed by atoms with Crippen LogP contribution in [0.3, 0.4) is 0 Å². The minimum absolute atomic E-state index is 0.0659. The van der Waals surface area contributed by atoms with Crippen molar-refractivity contribution in [3.05, 3.63) is 118 Å². The largest absolute Gasteiger partial charge is 0.478 e. The molecule has 5 rings (SSSR count). The number of rotatable bonds is 8. The summed E-state index contributed by atoms with van der Waals surface area (Å²) in [7, 11) is 0. The van der Waals surface area contributed by atoms with Crippen molar-refractivity contribution in [1.29, 1.82) is 0 Å². The van der Waals surface area contributed by atoms with Gasteiger partial charge in [-0.2, -0.15) is 0 Å². The van der Waals surface area contributed by atoms with Crippen LogP contribution in [0.25, 0.3) is 22.3 Å². The smallest absolute Gasteiger partial charge is 0.338 e. The molecule has 0 bridgehead atoms. The Bertz CT molecular complexity index is 1720. The average molecular weight is 624 g/mol. The van der Waals surface area contributed by atoms with Gasteiger partial charge in [0, 0.05) is 18.7 Å². The van der Waals surface area contributed by atoms with E-state index in [1.54, 1.807) is 49.1 Å². The third-order valence-electron chi connectivity index (χ3n) is 7.30. The number of aromatic carboxylic acids is 1. The second kappa shape index (κ2) is 15.1. The number of β-amino-alcohol motifs (C(OH)–C–C–N with tert-alkyl or cyclic N) is 1. The first-order chi connectivity index (χ1) is 22.0. The van der Waals surface area contributed by atoms with Crippen LogP contribution in [-0.2, 0) is 9.47 Å². The third-order valence-corrected chi connectivity index (χ3v) is 7.30. The maximum Gasteiger partial charge on any atom is 0.338 e. The summed E-state index contributed by atoms with van der Waals surface area (Å²) in [6.45, 7) is 8.59. The van der Waals surface area contributed by atoms with Crippen molar-refractivity contribution >= 4 is 23.8 Å². The SMILES string of the molecule is CCOC(=O)c1cc(C(=O)N2CC(O)C2)cc(-c2ccc(C)cc2)c1.CCOC(=O)c1cc(C(=O)O)cc(-c2ccc(C)cc2)c1. The third kappa shape index (κ3) is 8.46. The van der Waals surface area contributed by atoms with Gasteiger partial charge in [-0.1, -0.05) is 59.7 Å². The van der Waals surface area contributed by atoms with Gasteiger partial charge in [-0.05, 0) is 86.3 Å². The van der Waals surface area contributed by atoms with Gasteiger partial charge in [-0.25, -0.2) is 14.4 Å². The van der Waals surface area contributed by atoms with Crippen LogP contribution in [-0.4, -0.2) is 71.3 Å². The first-order valence-electron chi connectivity index (χ1n) is 15.0. The number of ether oxygens (including phenoxy) is 2. The minimum Gasteiger partial charge on any atom is -0.478 e. The molecular weight excluding hydrogens is 586 g/mol. The molecule has 1 aliphatic heterocycles. The number of aryl methyl sites for hydroxylation is 2. The van der Waals surface area contributed by atoms with Crippen molar-refractivity contribution in [1.82, 2.24) is 4.90 Å². The van der Waals surface area contributed by atoms with Crippen LogP contribution in [0.5, 0.6) is 0 Å². The molecule has 4 aromatic carbocycles. The van der Waals surface area contributed by atoms with Crippen LogP contribution < -0.4 is 0 Å². The second-order valence-corrected chi connectivity index (χ2v) is 10.9. The molecule has 2 N–H and O–H groups in total. The maximum atomic E-state index is 12.6. The molecule has 0 unspecified atom stereocenters. The molecule has 0 aliphatic carbocycles. The van der Waals surface area contributed by atoms with E-state index in [2.05, 4.69) is 0 Å². The molecule has 238 valence electrons. The van der Waals surface area contributed by atoms with Gasteiger partial charge in [-0.15, -0.1) is 0 Å². The Labute approximate surface area is 268 Å².